The summed E-state index contributed by atoms with van der Waals surface area (Å²) in [6.07, 6.45) is 1.80. The average Bonchev–Trinajstić information content (AvgIpc) is 2.53. The summed E-state index contributed by atoms with van der Waals surface area (Å²) >= 11 is 0. The van der Waals surface area contributed by atoms with Crippen molar-refractivity contribution in [1.82, 2.24) is 9.97 Å². The van der Waals surface area contributed by atoms with Crippen molar-refractivity contribution in [3.8, 4) is 0 Å². The standard InChI is InChI=1S/C17H15N4.CH3.W.Y/c1-13-12-18-17(20-15-10-6-3-7-11-15)21-16(13)19-14-8-4-2-5-9-14;;;/h2,4-12H,1H3,(H2,18,19,20,21);1H3;;/q2*-1;;. The summed E-state index contributed by atoms with van der Waals surface area (Å²) in [7, 11) is 0. The van der Waals surface area contributed by atoms with Crippen LogP contribution in [-0.4, -0.2) is 9.97 Å². The summed E-state index contributed by atoms with van der Waals surface area (Å²) in [4.78, 5) is 8.82. The smallest absolute Gasteiger partial charge is 0.227 e. The summed E-state index contributed by atoms with van der Waals surface area (Å²) in [5.74, 6) is 1.35. The molecule has 0 aliphatic rings. The molecular formula is C18H18N4WY-2. The maximum atomic E-state index is 4.52. The summed E-state index contributed by atoms with van der Waals surface area (Å²) < 4.78 is 0. The second-order valence-electron chi connectivity index (χ2n) is 4.63. The Morgan fingerprint density at radius 3 is 2.21 bits per heavy atom. The first-order valence-electron chi connectivity index (χ1n) is 6.70. The normalized spacial score (nSPS) is 8.88. The van der Waals surface area contributed by atoms with Gasteiger partial charge < -0.3 is 18.1 Å². The van der Waals surface area contributed by atoms with Gasteiger partial charge in [0.25, 0.3) is 0 Å². The van der Waals surface area contributed by atoms with Crippen LogP contribution in [0, 0.1) is 20.4 Å². The summed E-state index contributed by atoms with van der Waals surface area (Å²) in [6.45, 7) is 1.98. The summed E-state index contributed by atoms with van der Waals surface area (Å²) in [6, 6.07) is 20.5. The van der Waals surface area contributed by atoms with Crippen molar-refractivity contribution in [1.29, 1.82) is 0 Å². The molecule has 24 heavy (non-hydrogen) atoms. The number of rotatable bonds is 4. The zero-order chi connectivity index (χ0) is 14.5. The van der Waals surface area contributed by atoms with E-state index < -0.39 is 0 Å². The number of nitrogens with one attached hydrogen (secondary N) is 2. The molecule has 1 radical (unpaired) electrons. The Kier molecular flexibility index (Phi) is 10.9. The fourth-order valence-electron chi connectivity index (χ4n) is 1.89. The maximum absolute atomic E-state index is 4.52. The molecule has 2 N–H and O–H groups in total. The predicted octanol–water partition coefficient (Wildman–Crippen LogP) is 4.52. The van der Waals surface area contributed by atoms with E-state index in [0.717, 1.165) is 22.8 Å². The third-order valence-corrected chi connectivity index (χ3v) is 2.98. The molecule has 3 aromatic rings. The average molecular weight is 563 g/mol. The van der Waals surface area contributed by atoms with E-state index in [9.17, 15) is 0 Å². The first kappa shape index (κ1) is 22.9. The monoisotopic (exact) mass is 563 g/mol. The molecule has 1 heterocycles. The van der Waals surface area contributed by atoms with Crippen LogP contribution >= 0.6 is 0 Å². The van der Waals surface area contributed by atoms with Crippen LogP contribution < -0.4 is 10.6 Å². The molecule has 0 unspecified atom stereocenters. The van der Waals surface area contributed by atoms with Gasteiger partial charge in [-0.2, -0.15) is 23.2 Å². The van der Waals surface area contributed by atoms with Crippen LogP contribution in [0.3, 0.4) is 0 Å². The molecule has 0 aliphatic carbocycles. The SMILES string of the molecule is Cc1cnc(Nc2cc[c-]cc2)nc1Nc1ccccc1.[CH3-].[W].[Y]. The minimum Gasteiger partial charge on any atom is -0.358 e. The number of aryl methyl sites for hydroxylation is 1. The molecule has 0 saturated heterocycles. The van der Waals surface area contributed by atoms with Crippen molar-refractivity contribution in [2.75, 3.05) is 10.6 Å². The molecule has 1 aromatic heterocycles. The van der Waals surface area contributed by atoms with Gasteiger partial charge in [-0.05, 0) is 19.1 Å². The number of hydrogen-bond donors (Lipinski definition) is 2. The Balaban J connectivity index is 0.00000176. The number of benzene rings is 2. The van der Waals surface area contributed by atoms with Gasteiger partial charge in [-0.25, -0.2) is 4.98 Å². The van der Waals surface area contributed by atoms with Gasteiger partial charge in [0.2, 0.25) is 5.95 Å². The van der Waals surface area contributed by atoms with Gasteiger partial charge in [-0.1, -0.05) is 23.9 Å². The Morgan fingerprint density at radius 2 is 1.54 bits per heavy atom. The van der Waals surface area contributed by atoms with E-state index in [0.29, 0.717) is 5.95 Å². The van der Waals surface area contributed by atoms with Crippen LogP contribution in [0.2, 0.25) is 0 Å². The van der Waals surface area contributed by atoms with Gasteiger partial charge in [0.1, 0.15) is 5.82 Å². The number of hydrogen-bond acceptors (Lipinski definition) is 4. The summed E-state index contributed by atoms with van der Waals surface area (Å²) in [5, 5.41) is 6.48. The number of aromatic nitrogens is 2. The van der Waals surface area contributed by atoms with E-state index in [2.05, 4.69) is 26.7 Å². The second kappa shape index (κ2) is 11.5. The molecule has 3 rings (SSSR count). The van der Waals surface area contributed by atoms with Gasteiger partial charge >= 0.3 is 0 Å². The van der Waals surface area contributed by atoms with Crippen molar-refractivity contribution in [2.24, 2.45) is 0 Å². The van der Waals surface area contributed by atoms with Gasteiger partial charge in [-0.15, -0.1) is 12.1 Å². The number of nitrogens with zero attached hydrogens (tertiary/aromatic N) is 2. The third kappa shape index (κ3) is 6.43. The van der Waals surface area contributed by atoms with Crippen molar-refractivity contribution < 1.29 is 53.8 Å². The van der Waals surface area contributed by atoms with Crippen LogP contribution in [-0.2, 0) is 53.8 Å². The van der Waals surface area contributed by atoms with Crippen molar-refractivity contribution in [2.45, 2.75) is 6.92 Å². The van der Waals surface area contributed by atoms with Crippen LogP contribution in [0.15, 0.2) is 60.8 Å². The minimum atomic E-state index is 0. The molecule has 121 valence electrons. The minimum absolute atomic E-state index is 0. The largest absolute Gasteiger partial charge is 0.358 e. The van der Waals surface area contributed by atoms with Gasteiger partial charge in [0, 0.05) is 71.2 Å². The Bertz CT molecular complexity index is 724. The quantitative estimate of drug-likeness (QED) is 0.459. The zero-order valence-electron chi connectivity index (χ0n) is 13.7. The molecule has 0 saturated carbocycles. The Morgan fingerprint density at radius 1 is 0.917 bits per heavy atom. The Hall–Kier alpha value is -1.09. The molecule has 0 aliphatic heterocycles. The van der Waals surface area contributed by atoms with Gasteiger partial charge in [0.15, 0.2) is 0 Å². The van der Waals surface area contributed by atoms with E-state index in [1.54, 1.807) is 6.20 Å². The molecule has 0 atom stereocenters. The van der Waals surface area contributed by atoms with E-state index in [1.807, 2.05) is 61.5 Å². The predicted molar refractivity (Wildman–Crippen MR) is 91.5 cm³/mol. The van der Waals surface area contributed by atoms with Crippen LogP contribution in [0.1, 0.15) is 5.56 Å². The molecular weight excluding hydrogens is 545 g/mol. The first-order chi connectivity index (χ1) is 10.3. The molecule has 4 nitrogen and oxygen atoms in total. The summed E-state index contributed by atoms with van der Waals surface area (Å²) in [5.41, 5.74) is 2.92. The molecule has 0 bridgehead atoms. The topological polar surface area (TPSA) is 49.8 Å². The molecule has 0 fully saturated rings. The van der Waals surface area contributed by atoms with E-state index in [1.165, 1.54) is 0 Å². The van der Waals surface area contributed by atoms with Crippen LogP contribution in [0.4, 0.5) is 23.1 Å². The third-order valence-electron chi connectivity index (χ3n) is 2.98. The van der Waals surface area contributed by atoms with Gasteiger partial charge in [-0.3, -0.25) is 0 Å². The zero-order valence-corrected chi connectivity index (χ0v) is 19.4. The van der Waals surface area contributed by atoms with E-state index in [-0.39, 0.29) is 61.2 Å². The molecule has 6 heteroatoms. The van der Waals surface area contributed by atoms with E-state index in [4.69, 9.17) is 0 Å². The first-order valence-corrected chi connectivity index (χ1v) is 6.70. The molecule has 0 spiro atoms. The van der Waals surface area contributed by atoms with Crippen LogP contribution in [0.25, 0.3) is 0 Å². The Labute approximate surface area is 183 Å². The van der Waals surface area contributed by atoms with Crippen molar-refractivity contribution in [3.05, 3.63) is 79.9 Å². The second-order valence-corrected chi connectivity index (χ2v) is 4.63. The number of para-hydroxylation sites is 1. The molecule has 0 amide bonds. The van der Waals surface area contributed by atoms with Crippen molar-refractivity contribution >= 4 is 23.1 Å². The van der Waals surface area contributed by atoms with E-state index >= 15 is 0 Å². The fourth-order valence-corrected chi connectivity index (χ4v) is 1.89. The maximum Gasteiger partial charge on any atom is 0.227 e. The van der Waals surface area contributed by atoms with Crippen LogP contribution in [0.5, 0.6) is 0 Å². The fraction of sp³-hybridized carbons (Fsp3) is 0.0556. The van der Waals surface area contributed by atoms with Crippen molar-refractivity contribution in [3.63, 3.8) is 0 Å². The molecule has 2 aromatic carbocycles. The number of anilines is 4. The van der Waals surface area contributed by atoms with Gasteiger partial charge in [0.05, 0.1) is 0 Å².